The summed E-state index contributed by atoms with van der Waals surface area (Å²) in [5, 5.41) is 13.4. The average molecular weight is 239 g/mol. The Bertz CT molecular complexity index is 356. The molecule has 0 aromatic carbocycles. The Morgan fingerprint density at radius 3 is 2.76 bits per heavy atom. The summed E-state index contributed by atoms with van der Waals surface area (Å²) in [4.78, 5) is 6.24. The number of furan rings is 1. The Balaban J connectivity index is 2.73. The highest BCUT2D eigenvalue weighted by Gasteiger charge is 2.26. The topological polar surface area (TPSA) is 61.0 Å². The number of aliphatic imine (C=N–C) groups is 1. The zero-order valence-corrected chi connectivity index (χ0v) is 10.9. The zero-order valence-electron chi connectivity index (χ0n) is 10.9. The van der Waals surface area contributed by atoms with E-state index in [0.717, 1.165) is 12.5 Å². The summed E-state index contributed by atoms with van der Waals surface area (Å²) < 4.78 is 5.20. The van der Waals surface area contributed by atoms with Gasteiger partial charge in [-0.25, -0.2) is 4.99 Å². The van der Waals surface area contributed by atoms with E-state index in [1.54, 1.807) is 25.3 Å². The van der Waals surface area contributed by atoms with Crippen molar-refractivity contribution in [3.63, 3.8) is 0 Å². The molecule has 1 unspecified atom stereocenters. The first-order valence-corrected chi connectivity index (χ1v) is 5.69. The minimum atomic E-state index is -1.08. The standard InChI is InChI=1S/C12H21N3O2/c1-5-13-11(15(3)4)14-9-12(2,16)10-7-6-8-17-10/h6-8,16H,5,9H2,1-4H3,(H,13,14). The van der Waals surface area contributed by atoms with Crippen molar-refractivity contribution in [3.8, 4) is 0 Å². The summed E-state index contributed by atoms with van der Waals surface area (Å²) in [5.41, 5.74) is -1.08. The van der Waals surface area contributed by atoms with Gasteiger partial charge in [-0.05, 0) is 26.0 Å². The molecule has 0 amide bonds. The second kappa shape index (κ2) is 5.72. The van der Waals surface area contributed by atoms with Crippen LogP contribution in [0.3, 0.4) is 0 Å². The second-order valence-electron chi connectivity index (χ2n) is 4.32. The molecule has 1 heterocycles. The fourth-order valence-corrected chi connectivity index (χ4v) is 1.41. The van der Waals surface area contributed by atoms with Crippen LogP contribution in [0.5, 0.6) is 0 Å². The number of aliphatic hydroxyl groups is 1. The minimum Gasteiger partial charge on any atom is -0.466 e. The van der Waals surface area contributed by atoms with E-state index in [0.29, 0.717) is 5.76 Å². The third-order valence-electron chi connectivity index (χ3n) is 2.35. The molecule has 0 saturated heterocycles. The van der Waals surface area contributed by atoms with Crippen LogP contribution in [0.4, 0.5) is 0 Å². The van der Waals surface area contributed by atoms with Gasteiger partial charge in [0, 0.05) is 20.6 Å². The highest BCUT2D eigenvalue weighted by molar-refractivity contribution is 5.79. The number of nitrogens with zero attached hydrogens (tertiary/aromatic N) is 2. The Kier molecular flexibility index (Phi) is 4.57. The molecule has 1 atom stereocenters. The van der Waals surface area contributed by atoms with E-state index >= 15 is 0 Å². The molecule has 0 fully saturated rings. The second-order valence-corrected chi connectivity index (χ2v) is 4.32. The monoisotopic (exact) mass is 239 g/mol. The molecular weight excluding hydrogens is 218 g/mol. The van der Waals surface area contributed by atoms with Crippen LogP contribution in [0.25, 0.3) is 0 Å². The fraction of sp³-hybridized carbons (Fsp3) is 0.583. The summed E-state index contributed by atoms with van der Waals surface area (Å²) in [6.07, 6.45) is 1.55. The zero-order chi connectivity index (χ0) is 12.9. The lowest BCUT2D eigenvalue weighted by atomic mass is 10.0. The lowest BCUT2D eigenvalue weighted by Crippen LogP contribution is -2.37. The van der Waals surface area contributed by atoms with Crippen molar-refractivity contribution >= 4 is 5.96 Å². The summed E-state index contributed by atoms with van der Waals surface area (Å²) in [7, 11) is 3.81. The van der Waals surface area contributed by atoms with Crippen LogP contribution in [0.1, 0.15) is 19.6 Å². The van der Waals surface area contributed by atoms with Gasteiger partial charge >= 0.3 is 0 Å². The molecule has 0 bridgehead atoms. The predicted octanol–water partition coefficient (Wildman–Crippen LogP) is 1.01. The number of hydrogen-bond acceptors (Lipinski definition) is 3. The first-order chi connectivity index (χ1) is 7.97. The highest BCUT2D eigenvalue weighted by Crippen LogP contribution is 2.21. The molecule has 17 heavy (non-hydrogen) atoms. The molecule has 1 aromatic heterocycles. The maximum absolute atomic E-state index is 10.2. The van der Waals surface area contributed by atoms with Gasteiger partial charge in [0.1, 0.15) is 11.4 Å². The third kappa shape index (κ3) is 3.78. The van der Waals surface area contributed by atoms with Crippen molar-refractivity contribution in [1.29, 1.82) is 0 Å². The predicted molar refractivity (Wildman–Crippen MR) is 67.9 cm³/mol. The van der Waals surface area contributed by atoms with Gasteiger partial charge in [-0.15, -0.1) is 0 Å². The van der Waals surface area contributed by atoms with E-state index in [1.807, 2.05) is 25.9 Å². The molecule has 5 nitrogen and oxygen atoms in total. The molecule has 0 spiro atoms. The molecule has 0 aliphatic rings. The van der Waals surface area contributed by atoms with Gasteiger partial charge < -0.3 is 19.7 Å². The molecule has 96 valence electrons. The maximum atomic E-state index is 10.2. The van der Waals surface area contributed by atoms with Crippen molar-refractivity contribution < 1.29 is 9.52 Å². The summed E-state index contributed by atoms with van der Waals surface area (Å²) >= 11 is 0. The van der Waals surface area contributed by atoms with Crippen LogP contribution >= 0.6 is 0 Å². The van der Waals surface area contributed by atoms with Crippen molar-refractivity contribution in [2.45, 2.75) is 19.4 Å². The Labute approximate surface area is 102 Å². The third-order valence-corrected chi connectivity index (χ3v) is 2.35. The van der Waals surface area contributed by atoms with Crippen LogP contribution in [0.15, 0.2) is 27.8 Å². The molecular formula is C12H21N3O2. The van der Waals surface area contributed by atoms with Gasteiger partial charge in [0.25, 0.3) is 0 Å². The number of guanidine groups is 1. The van der Waals surface area contributed by atoms with Crippen LogP contribution in [0.2, 0.25) is 0 Å². The van der Waals surface area contributed by atoms with Gasteiger partial charge in [0.2, 0.25) is 0 Å². The molecule has 0 saturated carbocycles. The van der Waals surface area contributed by atoms with Gasteiger partial charge in [-0.1, -0.05) is 0 Å². The Morgan fingerprint density at radius 1 is 1.59 bits per heavy atom. The lowest BCUT2D eigenvalue weighted by Gasteiger charge is -2.21. The number of rotatable bonds is 4. The van der Waals surface area contributed by atoms with Gasteiger partial charge in [-0.3, -0.25) is 0 Å². The molecule has 1 aromatic rings. The van der Waals surface area contributed by atoms with Crippen LogP contribution < -0.4 is 5.32 Å². The fourth-order valence-electron chi connectivity index (χ4n) is 1.41. The lowest BCUT2D eigenvalue weighted by molar-refractivity contribution is 0.0435. The number of nitrogens with one attached hydrogen (secondary N) is 1. The van der Waals surface area contributed by atoms with E-state index in [9.17, 15) is 5.11 Å². The first-order valence-electron chi connectivity index (χ1n) is 5.69. The van der Waals surface area contributed by atoms with Gasteiger partial charge in [0.05, 0.1) is 12.8 Å². The molecule has 1 rings (SSSR count). The SMILES string of the molecule is CCNC(=NCC(C)(O)c1ccco1)N(C)C. The van der Waals surface area contributed by atoms with E-state index in [4.69, 9.17) is 4.42 Å². The smallest absolute Gasteiger partial charge is 0.193 e. The van der Waals surface area contributed by atoms with Gasteiger partial charge in [0.15, 0.2) is 5.96 Å². The Hall–Kier alpha value is -1.49. The van der Waals surface area contributed by atoms with E-state index in [-0.39, 0.29) is 6.54 Å². The summed E-state index contributed by atoms with van der Waals surface area (Å²) in [6.45, 7) is 4.74. The average Bonchev–Trinajstić information content (AvgIpc) is 2.77. The molecule has 0 radical (unpaired) electrons. The van der Waals surface area contributed by atoms with Crippen molar-refractivity contribution in [1.82, 2.24) is 10.2 Å². The highest BCUT2D eigenvalue weighted by atomic mass is 16.4. The molecule has 5 heteroatoms. The normalized spacial score (nSPS) is 15.5. The van der Waals surface area contributed by atoms with Crippen molar-refractivity contribution in [2.24, 2.45) is 4.99 Å². The van der Waals surface area contributed by atoms with Gasteiger partial charge in [-0.2, -0.15) is 0 Å². The van der Waals surface area contributed by atoms with Crippen molar-refractivity contribution in [2.75, 3.05) is 27.2 Å². The molecule has 0 aliphatic carbocycles. The Morgan fingerprint density at radius 2 is 2.29 bits per heavy atom. The van der Waals surface area contributed by atoms with E-state index < -0.39 is 5.60 Å². The molecule has 0 aliphatic heterocycles. The largest absolute Gasteiger partial charge is 0.466 e. The van der Waals surface area contributed by atoms with Crippen LogP contribution in [-0.2, 0) is 5.60 Å². The maximum Gasteiger partial charge on any atom is 0.193 e. The van der Waals surface area contributed by atoms with Crippen molar-refractivity contribution in [3.05, 3.63) is 24.2 Å². The van der Waals surface area contributed by atoms with Crippen LogP contribution in [0, 0.1) is 0 Å². The molecule has 2 N–H and O–H groups in total. The van der Waals surface area contributed by atoms with E-state index in [1.165, 1.54) is 0 Å². The quantitative estimate of drug-likeness (QED) is 0.608. The number of hydrogen-bond donors (Lipinski definition) is 2. The summed E-state index contributed by atoms with van der Waals surface area (Å²) in [5.74, 6) is 1.27. The summed E-state index contributed by atoms with van der Waals surface area (Å²) in [6, 6.07) is 3.50. The first kappa shape index (κ1) is 13.6. The van der Waals surface area contributed by atoms with E-state index in [2.05, 4.69) is 10.3 Å². The minimum absolute atomic E-state index is 0.251. The van der Waals surface area contributed by atoms with Crippen LogP contribution in [-0.4, -0.2) is 43.2 Å².